The summed E-state index contributed by atoms with van der Waals surface area (Å²) in [6, 6.07) is 9.32. The molecule has 0 saturated carbocycles. The first-order valence-corrected chi connectivity index (χ1v) is 8.57. The fourth-order valence-corrected chi connectivity index (χ4v) is 3.81. The van der Waals surface area contributed by atoms with Crippen molar-refractivity contribution < 1.29 is 4.92 Å². The molecule has 0 saturated heterocycles. The fourth-order valence-electron chi connectivity index (χ4n) is 2.52. The number of nitro benzene ring substituents is 1. The zero-order chi connectivity index (χ0) is 17.7. The monoisotopic (exact) mass is 391 g/mol. The number of nitrogens with zero attached hydrogens (tertiary/aromatic N) is 3. The maximum atomic E-state index is 12.7. The topological polar surface area (TPSA) is 77.5 Å². The maximum absolute atomic E-state index is 12.7. The van der Waals surface area contributed by atoms with Gasteiger partial charge in [-0.15, -0.1) is 0 Å². The third-order valence-electron chi connectivity index (χ3n) is 3.67. The van der Waals surface area contributed by atoms with Gasteiger partial charge in [0, 0.05) is 12.1 Å². The second-order valence-electron chi connectivity index (χ2n) is 5.25. The van der Waals surface area contributed by atoms with Crippen molar-refractivity contribution in [3.63, 3.8) is 0 Å². The van der Waals surface area contributed by atoms with Gasteiger partial charge in [0.15, 0.2) is 4.96 Å². The number of rotatable bonds is 2. The lowest BCUT2D eigenvalue weighted by Crippen LogP contribution is -2.22. The number of imidazole rings is 1. The van der Waals surface area contributed by atoms with Crippen LogP contribution in [0.4, 0.5) is 5.69 Å². The SMILES string of the molecule is O=c1/c(=C\c2ccc(Cl)c(Cl)c2)sc2nc3ccc([N+](=O)[O-])cc3n12. The highest BCUT2D eigenvalue weighted by atomic mass is 35.5. The summed E-state index contributed by atoms with van der Waals surface area (Å²) in [4.78, 5) is 28.0. The van der Waals surface area contributed by atoms with Gasteiger partial charge in [0.05, 0.1) is 30.5 Å². The molecule has 2 aromatic heterocycles. The van der Waals surface area contributed by atoms with Gasteiger partial charge < -0.3 is 0 Å². The van der Waals surface area contributed by atoms with E-state index in [1.165, 1.54) is 33.9 Å². The third-order valence-corrected chi connectivity index (χ3v) is 5.38. The van der Waals surface area contributed by atoms with Crippen molar-refractivity contribution >= 4 is 62.3 Å². The van der Waals surface area contributed by atoms with E-state index in [0.717, 1.165) is 5.56 Å². The van der Waals surface area contributed by atoms with E-state index < -0.39 is 4.92 Å². The highest BCUT2D eigenvalue weighted by molar-refractivity contribution is 7.15. The zero-order valence-corrected chi connectivity index (χ0v) is 14.6. The van der Waals surface area contributed by atoms with Crippen molar-refractivity contribution in [3.05, 3.63) is 77.0 Å². The Morgan fingerprint density at radius 2 is 1.96 bits per heavy atom. The fraction of sp³-hybridized carbons (Fsp3) is 0. The minimum atomic E-state index is -0.502. The number of hydrogen-bond acceptors (Lipinski definition) is 5. The van der Waals surface area contributed by atoms with Crippen LogP contribution in [0, 0.1) is 10.1 Å². The quantitative estimate of drug-likeness (QED) is 0.385. The molecule has 4 rings (SSSR count). The van der Waals surface area contributed by atoms with E-state index in [9.17, 15) is 14.9 Å². The highest BCUT2D eigenvalue weighted by Crippen LogP contribution is 2.24. The number of fused-ring (bicyclic) bond motifs is 3. The van der Waals surface area contributed by atoms with E-state index in [4.69, 9.17) is 23.2 Å². The second-order valence-corrected chi connectivity index (χ2v) is 7.07. The molecule has 2 aromatic carbocycles. The lowest BCUT2D eigenvalue weighted by molar-refractivity contribution is -0.384. The molecule has 0 radical (unpaired) electrons. The highest BCUT2D eigenvalue weighted by Gasteiger charge is 2.15. The van der Waals surface area contributed by atoms with Crippen molar-refractivity contribution in [1.29, 1.82) is 0 Å². The van der Waals surface area contributed by atoms with Crippen LogP contribution in [-0.4, -0.2) is 14.3 Å². The van der Waals surface area contributed by atoms with E-state index in [1.54, 1.807) is 24.3 Å². The molecule has 0 N–H and O–H groups in total. The van der Waals surface area contributed by atoms with Gasteiger partial charge in [-0.3, -0.25) is 14.9 Å². The number of halogens is 2. The van der Waals surface area contributed by atoms with Crippen LogP contribution in [0.5, 0.6) is 0 Å². The normalized spacial score (nSPS) is 12.3. The molecule has 4 aromatic rings. The first-order valence-electron chi connectivity index (χ1n) is 7.00. The van der Waals surface area contributed by atoms with Gasteiger partial charge in [-0.1, -0.05) is 40.6 Å². The van der Waals surface area contributed by atoms with E-state index in [1.807, 2.05) is 0 Å². The number of aromatic nitrogens is 2. The average Bonchev–Trinajstić information content (AvgIpc) is 3.07. The molecule has 0 bridgehead atoms. The smallest absolute Gasteiger partial charge is 0.267 e. The van der Waals surface area contributed by atoms with Crippen molar-refractivity contribution in [2.75, 3.05) is 0 Å². The molecule has 0 spiro atoms. The summed E-state index contributed by atoms with van der Waals surface area (Å²) in [6.45, 7) is 0. The van der Waals surface area contributed by atoms with Crippen molar-refractivity contribution in [2.45, 2.75) is 0 Å². The number of benzene rings is 2. The standard InChI is InChI=1S/C16H7Cl2N3O3S/c17-10-3-1-8(5-11(10)18)6-14-15(22)20-13-7-9(21(23)24)2-4-12(13)19-16(20)25-14/h1-7H/b14-6+. The van der Waals surface area contributed by atoms with Gasteiger partial charge in [0.2, 0.25) is 0 Å². The third kappa shape index (κ3) is 2.66. The maximum Gasteiger partial charge on any atom is 0.274 e. The van der Waals surface area contributed by atoms with Crippen LogP contribution < -0.4 is 10.1 Å². The average molecular weight is 392 g/mol. The van der Waals surface area contributed by atoms with Crippen molar-refractivity contribution in [3.8, 4) is 0 Å². The van der Waals surface area contributed by atoms with Crippen LogP contribution >= 0.6 is 34.5 Å². The summed E-state index contributed by atoms with van der Waals surface area (Å²) in [7, 11) is 0. The lowest BCUT2D eigenvalue weighted by atomic mass is 10.2. The summed E-state index contributed by atoms with van der Waals surface area (Å²) in [6.07, 6.45) is 1.69. The summed E-state index contributed by atoms with van der Waals surface area (Å²) in [5.74, 6) is 0. The molecular weight excluding hydrogens is 385 g/mol. The molecule has 0 atom stereocenters. The molecule has 0 amide bonds. The van der Waals surface area contributed by atoms with Crippen molar-refractivity contribution in [2.24, 2.45) is 0 Å². The largest absolute Gasteiger partial charge is 0.274 e. The van der Waals surface area contributed by atoms with Gasteiger partial charge in [-0.25, -0.2) is 9.38 Å². The van der Waals surface area contributed by atoms with Gasteiger partial charge in [0.25, 0.3) is 11.2 Å². The zero-order valence-electron chi connectivity index (χ0n) is 12.3. The molecule has 6 nitrogen and oxygen atoms in total. The van der Waals surface area contributed by atoms with Crippen LogP contribution in [0.2, 0.25) is 10.0 Å². The Hall–Kier alpha value is -2.48. The lowest BCUT2D eigenvalue weighted by Gasteiger charge is -1.96. The second kappa shape index (κ2) is 5.80. The molecule has 25 heavy (non-hydrogen) atoms. The molecule has 0 aliphatic rings. The minimum absolute atomic E-state index is 0.0880. The molecular formula is C16H7Cl2N3O3S. The molecule has 0 aliphatic heterocycles. The van der Waals surface area contributed by atoms with Gasteiger partial charge in [-0.2, -0.15) is 0 Å². The van der Waals surface area contributed by atoms with E-state index in [2.05, 4.69) is 4.98 Å². The molecule has 0 aliphatic carbocycles. The Kier molecular flexibility index (Phi) is 3.72. The Labute approximate surface area is 153 Å². The van der Waals surface area contributed by atoms with E-state index in [-0.39, 0.29) is 11.2 Å². The number of hydrogen-bond donors (Lipinski definition) is 0. The Bertz CT molecular complexity index is 1280. The Balaban J connectivity index is 1.97. The number of non-ortho nitro benzene ring substituents is 1. The first-order chi connectivity index (χ1) is 11.9. The van der Waals surface area contributed by atoms with Gasteiger partial charge in [-0.05, 0) is 29.8 Å². The summed E-state index contributed by atoms with van der Waals surface area (Å²) in [5, 5.41) is 11.8. The minimum Gasteiger partial charge on any atom is -0.267 e. The van der Waals surface area contributed by atoms with E-state index in [0.29, 0.717) is 30.6 Å². The molecule has 0 fully saturated rings. The first kappa shape index (κ1) is 16.0. The number of thiazole rings is 1. The predicted octanol–water partition coefficient (Wildman–Crippen LogP) is 3.67. The van der Waals surface area contributed by atoms with Crippen LogP contribution in [0.1, 0.15) is 5.56 Å². The van der Waals surface area contributed by atoms with Crippen LogP contribution in [0.25, 0.3) is 22.1 Å². The number of nitro groups is 1. The molecule has 124 valence electrons. The molecule has 0 unspecified atom stereocenters. The Morgan fingerprint density at radius 1 is 1.16 bits per heavy atom. The molecule has 9 heteroatoms. The van der Waals surface area contributed by atoms with Crippen LogP contribution in [-0.2, 0) is 0 Å². The molecule has 2 heterocycles. The van der Waals surface area contributed by atoms with Gasteiger partial charge in [0.1, 0.15) is 0 Å². The van der Waals surface area contributed by atoms with E-state index >= 15 is 0 Å². The summed E-state index contributed by atoms with van der Waals surface area (Å²) in [5.41, 5.74) is 1.31. The van der Waals surface area contributed by atoms with Crippen LogP contribution in [0.3, 0.4) is 0 Å². The summed E-state index contributed by atoms with van der Waals surface area (Å²) >= 11 is 13.1. The Morgan fingerprint density at radius 3 is 2.68 bits per heavy atom. The predicted molar refractivity (Wildman–Crippen MR) is 98.7 cm³/mol. The summed E-state index contributed by atoms with van der Waals surface area (Å²) < 4.78 is 1.84. The van der Waals surface area contributed by atoms with Crippen LogP contribution in [0.15, 0.2) is 41.2 Å². The van der Waals surface area contributed by atoms with Crippen molar-refractivity contribution in [1.82, 2.24) is 9.38 Å². The van der Waals surface area contributed by atoms with Gasteiger partial charge >= 0.3 is 0 Å².